The summed E-state index contributed by atoms with van der Waals surface area (Å²) in [6, 6.07) is 0. The average molecular weight is 782 g/mol. The maximum atomic E-state index is 9.79. The first kappa shape index (κ1) is 37.1. The van der Waals surface area contributed by atoms with Gasteiger partial charge < -0.3 is 33.5 Å². The standard InChI is InChI=1S/C32H58O7.Ac/c1-11-12-13-14-34-30-24(8)19(3)22(6)28(38-30)16-36-32-26(10)20(4)23(7)29(39-32)17-35-31-25(9)18(2)21(5)27(15-33)37-31;/h11,18-33H,1,12-17H2,2-10H3;/t18-,19-,20-,21+,22+,23+,24?,25?,26?,27?,28?,29?,30+,31+,32+;/m0./s1. The van der Waals surface area contributed by atoms with Crippen molar-refractivity contribution in [1.82, 2.24) is 0 Å². The van der Waals surface area contributed by atoms with E-state index in [4.69, 9.17) is 28.4 Å². The van der Waals surface area contributed by atoms with Crippen LogP contribution in [-0.4, -0.2) is 68.7 Å². The number of unbranched alkanes of at least 4 members (excludes halogenated alkanes) is 1. The summed E-state index contributed by atoms with van der Waals surface area (Å²) in [6.45, 7) is 25.4. The van der Waals surface area contributed by atoms with Crippen molar-refractivity contribution in [2.45, 2.75) is 112 Å². The van der Waals surface area contributed by atoms with Crippen LogP contribution in [-0.2, 0) is 28.4 Å². The molecule has 0 aromatic rings. The molecule has 1 N–H and O–H groups in total. The van der Waals surface area contributed by atoms with Gasteiger partial charge in [-0.25, -0.2) is 0 Å². The smallest absolute Gasteiger partial charge is 0.160 e. The molecule has 0 aromatic heterocycles. The summed E-state index contributed by atoms with van der Waals surface area (Å²) in [7, 11) is 0. The summed E-state index contributed by atoms with van der Waals surface area (Å²) in [5.41, 5.74) is 0. The van der Waals surface area contributed by atoms with Crippen LogP contribution in [0.5, 0.6) is 0 Å². The fourth-order valence-corrected chi connectivity index (χ4v) is 6.43. The van der Waals surface area contributed by atoms with Crippen molar-refractivity contribution in [3.63, 3.8) is 0 Å². The Balaban J connectivity index is 0.00000560. The Bertz CT molecular complexity index is 738. The molecule has 3 rings (SSSR count). The number of aliphatic hydroxyl groups excluding tert-OH is 1. The zero-order valence-corrected chi connectivity index (χ0v) is 31.4. The summed E-state index contributed by atoms with van der Waals surface area (Å²) in [4.78, 5) is 0. The van der Waals surface area contributed by atoms with E-state index in [1.807, 2.05) is 6.08 Å². The summed E-state index contributed by atoms with van der Waals surface area (Å²) < 4.78 is 38.1. The number of ether oxygens (including phenoxy) is 6. The minimum Gasteiger partial charge on any atom is -0.394 e. The van der Waals surface area contributed by atoms with Gasteiger partial charge in [-0.15, -0.1) is 6.58 Å². The molecule has 0 saturated carbocycles. The number of hydrogen-bond acceptors (Lipinski definition) is 7. The van der Waals surface area contributed by atoms with Crippen LogP contribution in [0.3, 0.4) is 0 Å². The Kier molecular flexibility index (Phi) is 16.1. The molecule has 15 atom stereocenters. The van der Waals surface area contributed by atoms with E-state index in [0.717, 1.165) is 12.8 Å². The first-order chi connectivity index (χ1) is 18.5. The van der Waals surface area contributed by atoms with E-state index in [1.54, 1.807) is 0 Å². The van der Waals surface area contributed by atoms with Crippen molar-refractivity contribution < 1.29 is 77.6 Å². The molecule has 0 amide bonds. The van der Waals surface area contributed by atoms with Gasteiger partial charge in [-0.3, -0.25) is 0 Å². The normalized spacial score (nSPS) is 46.0. The van der Waals surface area contributed by atoms with Crippen LogP contribution in [0.2, 0.25) is 0 Å². The maximum absolute atomic E-state index is 9.79. The van der Waals surface area contributed by atoms with E-state index < -0.39 is 0 Å². The molecule has 0 aromatic carbocycles. The van der Waals surface area contributed by atoms with Gasteiger partial charge in [0.15, 0.2) is 18.9 Å². The average Bonchev–Trinajstić information content (AvgIpc) is 2.93. The number of rotatable bonds is 12. The molecule has 0 bridgehead atoms. The predicted octanol–water partition coefficient (Wildman–Crippen LogP) is 5.89. The van der Waals surface area contributed by atoms with E-state index in [2.05, 4.69) is 68.9 Å². The second-order valence-electron chi connectivity index (χ2n) is 13.0. The minimum absolute atomic E-state index is 0. The Hall–Kier alpha value is 0.902. The number of aliphatic hydroxyl groups is 1. The van der Waals surface area contributed by atoms with Crippen LogP contribution < -0.4 is 0 Å². The molecule has 1 radical (unpaired) electrons. The van der Waals surface area contributed by atoms with Crippen molar-refractivity contribution >= 4 is 0 Å². The Morgan fingerprint density at radius 3 is 1.35 bits per heavy atom. The summed E-state index contributed by atoms with van der Waals surface area (Å²) >= 11 is 0. The molecule has 231 valence electrons. The summed E-state index contributed by atoms with van der Waals surface area (Å²) in [5, 5.41) is 9.79. The van der Waals surface area contributed by atoms with E-state index >= 15 is 0 Å². The largest absolute Gasteiger partial charge is 0.394 e. The quantitative estimate of drug-likeness (QED) is 0.196. The maximum Gasteiger partial charge on any atom is 0.160 e. The molecule has 40 heavy (non-hydrogen) atoms. The SMILES string of the molecule is C=CCCCO[C@@H]1OC(CO[C@@H]2OC(CO[C@@H]3OC(CO)[C@H](C)[C@H](C)C3C)[C@H](C)[C@H](C)C2C)[C@H](C)[C@H](C)C1C.[Ac]. The summed E-state index contributed by atoms with van der Waals surface area (Å²) in [5.74, 6) is 3.07. The number of allylic oxidation sites excluding steroid dienone is 1. The fraction of sp³-hybridized carbons (Fsp3) is 0.938. The zero-order chi connectivity index (χ0) is 28.9. The molecule has 3 fully saturated rings. The third-order valence-corrected chi connectivity index (χ3v) is 10.8. The molecule has 3 heterocycles. The second kappa shape index (κ2) is 17.4. The van der Waals surface area contributed by atoms with Gasteiger partial charge >= 0.3 is 0 Å². The minimum atomic E-state index is -0.346. The van der Waals surface area contributed by atoms with Gasteiger partial charge in [-0.05, 0) is 48.3 Å². The third-order valence-electron chi connectivity index (χ3n) is 10.8. The second-order valence-corrected chi connectivity index (χ2v) is 13.0. The van der Waals surface area contributed by atoms with E-state index in [-0.39, 0.29) is 99.7 Å². The van der Waals surface area contributed by atoms with Gasteiger partial charge in [-0.2, -0.15) is 0 Å². The van der Waals surface area contributed by atoms with Crippen LogP contribution >= 0.6 is 0 Å². The van der Waals surface area contributed by atoms with Gasteiger partial charge in [0, 0.05) is 61.8 Å². The molecule has 3 saturated heterocycles. The Morgan fingerprint density at radius 1 is 0.575 bits per heavy atom. The van der Waals surface area contributed by atoms with Crippen molar-refractivity contribution in [1.29, 1.82) is 0 Å². The third kappa shape index (κ3) is 8.98. The molecule has 7 nitrogen and oxygen atoms in total. The molecule has 6 unspecified atom stereocenters. The van der Waals surface area contributed by atoms with Crippen LogP contribution in [0.4, 0.5) is 0 Å². The number of hydrogen-bond donors (Lipinski definition) is 1. The van der Waals surface area contributed by atoms with Crippen LogP contribution in [0, 0.1) is 97.3 Å². The van der Waals surface area contributed by atoms with Crippen molar-refractivity contribution in [2.24, 2.45) is 53.3 Å². The Labute approximate surface area is 280 Å². The molecule has 0 spiro atoms. The molecule has 8 heteroatoms. The van der Waals surface area contributed by atoms with Gasteiger partial charge in [0.2, 0.25) is 0 Å². The molecular weight excluding hydrogens is 723 g/mol. The van der Waals surface area contributed by atoms with Crippen molar-refractivity contribution in [3.8, 4) is 0 Å². The van der Waals surface area contributed by atoms with Crippen molar-refractivity contribution in [3.05, 3.63) is 12.7 Å². The molecular formula is C32H58AcO7. The van der Waals surface area contributed by atoms with Crippen molar-refractivity contribution in [2.75, 3.05) is 26.4 Å². The predicted molar refractivity (Wildman–Crippen MR) is 153 cm³/mol. The van der Waals surface area contributed by atoms with E-state index in [9.17, 15) is 5.11 Å². The molecule has 3 aliphatic rings. The van der Waals surface area contributed by atoms with Gasteiger partial charge in [0.1, 0.15) is 0 Å². The molecule has 3 aliphatic heterocycles. The van der Waals surface area contributed by atoms with Crippen LogP contribution in [0.15, 0.2) is 12.7 Å². The zero-order valence-electron chi connectivity index (χ0n) is 26.7. The topological polar surface area (TPSA) is 75.6 Å². The molecule has 0 aliphatic carbocycles. The van der Waals surface area contributed by atoms with E-state index in [1.165, 1.54) is 0 Å². The van der Waals surface area contributed by atoms with Crippen LogP contribution in [0.1, 0.15) is 75.2 Å². The fourth-order valence-electron chi connectivity index (χ4n) is 6.43. The van der Waals surface area contributed by atoms with E-state index in [0.29, 0.717) is 61.2 Å². The summed E-state index contributed by atoms with van der Waals surface area (Å²) in [6.07, 6.45) is 2.61. The van der Waals surface area contributed by atoms with Gasteiger partial charge in [0.05, 0.1) is 44.7 Å². The Morgan fingerprint density at radius 2 is 0.950 bits per heavy atom. The monoisotopic (exact) mass is 781 g/mol. The van der Waals surface area contributed by atoms with Crippen LogP contribution in [0.25, 0.3) is 0 Å². The van der Waals surface area contributed by atoms with Gasteiger partial charge in [-0.1, -0.05) is 68.4 Å². The first-order valence-electron chi connectivity index (χ1n) is 15.5. The first-order valence-corrected chi connectivity index (χ1v) is 15.5. The van der Waals surface area contributed by atoms with Gasteiger partial charge in [0.25, 0.3) is 0 Å².